The van der Waals surface area contributed by atoms with Gasteiger partial charge in [-0.2, -0.15) is 0 Å². The summed E-state index contributed by atoms with van der Waals surface area (Å²) >= 11 is 0. The summed E-state index contributed by atoms with van der Waals surface area (Å²) in [5.74, 6) is 0.185. The first kappa shape index (κ1) is 22.5. The van der Waals surface area contributed by atoms with Crippen LogP contribution in [-0.4, -0.2) is 38.8 Å². The molecule has 2 unspecified atom stereocenters. The molecule has 3 rings (SSSR count). The lowest BCUT2D eigenvalue weighted by Gasteiger charge is -2.25. The van der Waals surface area contributed by atoms with E-state index in [9.17, 15) is 8.42 Å². The number of hydrogen-bond donors (Lipinski definition) is 2. The molecule has 0 bridgehead atoms. The first-order valence-corrected chi connectivity index (χ1v) is 12.0. The average molecular weight is 433 g/mol. The molecule has 0 radical (unpaired) electrons. The molecule has 2 N–H and O–H groups in total. The van der Waals surface area contributed by atoms with Crippen LogP contribution in [0.4, 0.5) is 11.4 Å². The van der Waals surface area contributed by atoms with Crippen molar-refractivity contribution in [1.82, 2.24) is 9.71 Å². The molecule has 0 spiro atoms. The molecule has 0 aliphatic carbocycles. The van der Waals surface area contributed by atoms with Crippen molar-refractivity contribution in [3.63, 3.8) is 0 Å². The van der Waals surface area contributed by atoms with E-state index in [1.54, 1.807) is 18.3 Å². The second kappa shape index (κ2) is 9.76. The van der Waals surface area contributed by atoms with Gasteiger partial charge in [0.2, 0.25) is 10.0 Å². The Kier molecular flexibility index (Phi) is 7.33. The zero-order valence-corrected chi connectivity index (χ0v) is 18.9. The minimum Gasteiger partial charge on any atom is -0.380 e. The number of anilines is 2. The Morgan fingerprint density at radius 2 is 1.97 bits per heavy atom. The Bertz CT molecular complexity index is 934. The van der Waals surface area contributed by atoms with Gasteiger partial charge in [0.1, 0.15) is 0 Å². The molecule has 2 aromatic rings. The van der Waals surface area contributed by atoms with Gasteiger partial charge in [0.15, 0.2) is 0 Å². The number of nitrogens with zero attached hydrogens (tertiary/aromatic N) is 2. The quantitative estimate of drug-likeness (QED) is 0.597. The highest BCUT2D eigenvalue weighted by atomic mass is 32.2. The van der Waals surface area contributed by atoms with Gasteiger partial charge in [-0.15, -0.1) is 0 Å². The van der Waals surface area contributed by atoms with E-state index in [-0.39, 0.29) is 23.0 Å². The molecule has 30 heavy (non-hydrogen) atoms. The zero-order chi connectivity index (χ0) is 21.7. The molecule has 0 saturated heterocycles. The predicted molar refractivity (Wildman–Crippen MR) is 120 cm³/mol. The lowest BCUT2D eigenvalue weighted by molar-refractivity contribution is 0.112. The summed E-state index contributed by atoms with van der Waals surface area (Å²) in [6.45, 7) is 9.70. The molecular weight excluding hydrogens is 400 g/mol. The number of ether oxygens (including phenoxy) is 1. The molecule has 0 saturated carbocycles. The molecule has 8 heteroatoms. The lowest BCUT2D eigenvalue weighted by Crippen LogP contribution is -2.42. The molecule has 0 fully saturated rings. The van der Waals surface area contributed by atoms with Crippen LogP contribution in [0.15, 0.2) is 47.6 Å². The van der Waals surface area contributed by atoms with Gasteiger partial charge in [-0.25, -0.2) is 13.1 Å². The van der Waals surface area contributed by atoms with Crippen molar-refractivity contribution in [3.05, 3.63) is 48.3 Å². The molecule has 2 heterocycles. The molecule has 0 amide bonds. The lowest BCUT2D eigenvalue weighted by atomic mass is 10.0. The smallest absolute Gasteiger partial charge is 0.240 e. The number of aromatic nitrogens is 1. The van der Waals surface area contributed by atoms with E-state index in [1.165, 1.54) is 0 Å². The van der Waals surface area contributed by atoms with Crippen molar-refractivity contribution in [3.8, 4) is 0 Å². The van der Waals surface area contributed by atoms with Crippen LogP contribution in [-0.2, 0) is 21.3 Å². The Morgan fingerprint density at radius 1 is 1.23 bits per heavy atom. The highest BCUT2D eigenvalue weighted by Crippen LogP contribution is 2.34. The van der Waals surface area contributed by atoms with Gasteiger partial charge >= 0.3 is 0 Å². The zero-order valence-electron chi connectivity index (χ0n) is 18.1. The van der Waals surface area contributed by atoms with Crippen LogP contribution in [0.1, 0.15) is 39.7 Å². The highest BCUT2D eigenvalue weighted by molar-refractivity contribution is 7.89. The number of rotatable bonds is 10. The summed E-state index contributed by atoms with van der Waals surface area (Å²) in [7, 11) is -3.61. The number of benzene rings is 1. The SMILES string of the molecule is CCOC[C@@H](NS(=O)(=O)c1ccc(CN2c3ccncc3NC2C)cc1)C(C)CC. The molecule has 1 aromatic carbocycles. The van der Waals surface area contributed by atoms with Crippen molar-refractivity contribution in [1.29, 1.82) is 0 Å². The van der Waals surface area contributed by atoms with Crippen LogP contribution < -0.4 is 14.9 Å². The molecule has 7 nitrogen and oxygen atoms in total. The average Bonchev–Trinajstić information content (AvgIpc) is 3.06. The maximum absolute atomic E-state index is 12.9. The van der Waals surface area contributed by atoms with Gasteiger partial charge in [0, 0.05) is 25.4 Å². The second-order valence-corrected chi connectivity index (χ2v) is 9.47. The first-order valence-electron chi connectivity index (χ1n) is 10.5. The van der Waals surface area contributed by atoms with Crippen LogP contribution in [0.3, 0.4) is 0 Å². The van der Waals surface area contributed by atoms with Crippen molar-refractivity contribution in [2.45, 2.75) is 57.8 Å². The van der Waals surface area contributed by atoms with Crippen molar-refractivity contribution in [2.24, 2.45) is 5.92 Å². The van der Waals surface area contributed by atoms with Crippen LogP contribution in [0.5, 0.6) is 0 Å². The van der Waals surface area contributed by atoms with Crippen LogP contribution >= 0.6 is 0 Å². The van der Waals surface area contributed by atoms with Gasteiger partial charge in [-0.3, -0.25) is 4.98 Å². The predicted octanol–water partition coefficient (Wildman–Crippen LogP) is 3.59. The van der Waals surface area contributed by atoms with Crippen molar-refractivity contribution in [2.75, 3.05) is 23.4 Å². The number of nitrogens with one attached hydrogen (secondary N) is 2. The molecule has 3 atom stereocenters. The molecular formula is C22H32N4O3S. The molecule has 164 valence electrons. The summed E-state index contributed by atoms with van der Waals surface area (Å²) in [5, 5.41) is 3.40. The molecule has 1 aliphatic heterocycles. The van der Waals surface area contributed by atoms with Gasteiger partial charge in [0.25, 0.3) is 0 Å². The standard InChI is InChI=1S/C22H32N4O3S/c1-5-16(3)21(15-29-6-2)25-30(27,28)19-9-7-18(8-10-19)14-26-17(4)24-20-13-23-12-11-22(20)26/h7-13,16-17,21,24-25H,5-6,14-15H2,1-4H3/t16?,17?,21-/m1/s1. The van der Waals surface area contributed by atoms with Gasteiger partial charge in [-0.05, 0) is 43.5 Å². The Labute approximate surface area is 179 Å². The summed E-state index contributed by atoms with van der Waals surface area (Å²) in [4.78, 5) is 6.67. The summed E-state index contributed by atoms with van der Waals surface area (Å²) < 4.78 is 34.1. The van der Waals surface area contributed by atoms with Gasteiger partial charge in [0.05, 0.1) is 35.2 Å². The third-order valence-corrected chi connectivity index (χ3v) is 7.17. The monoisotopic (exact) mass is 432 g/mol. The van der Waals surface area contributed by atoms with E-state index in [0.717, 1.165) is 23.4 Å². The van der Waals surface area contributed by atoms with E-state index in [1.807, 2.05) is 38.2 Å². The topological polar surface area (TPSA) is 83.6 Å². The molecule has 1 aromatic heterocycles. The van der Waals surface area contributed by atoms with Crippen molar-refractivity contribution < 1.29 is 13.2 Å². The third kappa shape index (κ3) is 5.11. The minimum atomic E-state index is -3.61. The maximum Gasteiger partial charge on any atom is 0.240 e. The van der Waals surface area contributed by atoms with E-state index in [4.69, 9.17) is 4.74 Å². The maximum atomic E-state index is 12.9. The first-order chi connectivity index (χ1) is 14.4. The van der Waals surface area contributed by atoms with E-state index >= 15 is 0 Å². The second-order valence-electron chi connectivity index (χ2n) is 7.76. The van der Waals surface area contributed by atoms with Gasteiger partial charge in [-0.1, -0.05) is 32.4 Å². The van der Waals surface area contributed by atoms with Crippen LogP contribution in [0, 0.1) is 5.92 Å². The van der Waals surface area contributed by atoms with E-state index < -0.39 is 10.0 Å². The Morgan fingerprint density at radius 3 is 2.63 bits per heavy atom. The summed E-state index contributed by atoms with van der Waals surface area (Å²) in [6.07, 6.45) is 4.62. The van der Waals surface area contributed by atoms with Gasteiger partial charge < -0.3 is 15.0 Å². The normalized spacial score (nSPS) is 18.0. The van der Waals surface area contributed by atoms with E-state index in [2.05, 4.69) is 33.8 Å². The minimum absolute atomic E-state index is 0.143. The van der Waals surface area contributed by atoms with Crippen LogP contribution in [0.2, 0.25) is 0 Å². The summed E-state index contributed by atoms with van der Waals surface area (Å²) in [6, 6.07) is 8.84. The number of fused-ring (bicyclic) bond motifs is 1. The Balaban J connectivity index is 1.71. The third-order valence-electron chi connectivity index (χ3n) is 5.66. The van der Waals surface area contributed by atoms with Crippen LogP contribution in [0.25, 0.3) is 0 Å². The van der Waals surface area contributed by atoms with E-state index in [0.29, 0.717) is 19.8 Å². The number of pyridine rings is 1. The molecule has 1 aliphatic rings. The summed E-state index contributed by atoms with van der Waals surface area (Å²) in [5.41, 5.74) is 3.15. The number of sulfonamides is 1. The largest absolute Gasteiger partial charge is 0.380 e. The fraction of sp³-hybridized carbons (Fsp3) is 0.500. The fourth-order valence-corrected chi connectivity index (χ4v) is 4.89. The fourth-order valence-electron chi connectivity index (χ4n) is 3.56. The highest BCUT2D eigenvalue weighted by Gasteiger charge is 2.26. The van der Waals surface area contributed by atoms with Crippen molar-refractivity contribution >= 4 is 21.4 Å². The Hall–Kier alpha value is -2.16. The number of hydrogen-bond acceptors (Lipinski definition) is 6.